The topological polar surface area (TPSA) is 68.5 Å². The molecule has 0 atom stereocenters. The summed E-state index contributed by atoms with van der Waals surface area (Å²) in [6.45, 7) is 0. The maximum atomic E-state index is 12.4. The van der Waals surface area contributed by atoms with Gasteiger partial charge in [0, 0.05) is 28.1 Å². The van der Waals surface area contributed by atoms with Crippen LogP contribution in [0.25, 0.3) is 21.9 Å². The molecule has 4 aromatic rings. The van der Waals surface area contributed by atoms with Gasteiger partial charge in [-0.05, 0) is 42.5 Å². The lowest BCUT2D eigenvalue weighted by atomic mass is 10.1. The van der Waals surface area contributed by atoms with Crippen molar-refractivity contribution < 1.29 is 18.7 Å². The first-order chi connectivity index (χ1) is 12.7. The highest BCUT2D eigenvalue weighted by molar-refractivity contribution is 6.08. The average molecular weight is 345 g/mol. The number of hydrogen-bond acceptors (Lipinski definition) is 4. The lowest BCUT2D eigenvalue weighted by molar-refractivity contribution is 0.0600. The summed E-state index contributed by atoms with van der Waals surface area (Å²) in [5, 5.41) is 4.88. The van der Waals surface area contributed by atoms with Crippen LogP contribution < -0.4 is 5.32 Å². The molecule has 5 nitrogen and oxygen atoms in total. The summed E-state index contributed by atoms with van der Waals surface area (Å²) in [6, 6.07) is 19.7. The fourth-order valence-electron chi connectivity index (χ4n) is 2.88. The number of rotatable bonds is 3. The molecule has 0 spiro atoms. The zero-order valence-corrected chi connectivity index (χ0v) is 14.0. The SMILES string of the molecule is COC(=O)c1ccc(C(=O)Nc2ccc3c(c2)oc2ccccc23)cc1. The molecular formula is C21H15NO4. The number of nitrogens with one attached hydrogen (secondary N) is 1. The molecule has 0 saturated carbocycles. The minimum Gasteiger partial charge on any atom is -0.465 e. The van der Waals surface area contributed by atoms with E-state index in [0.717, 1.165) is 16.4 Å². The van der Waals surface area contributed by atoms with Crippen LogP contribution in [-0.2, 0) is 4.74 Å². The Morgan fingerprint density at radius 1 is 0.846 bits per heavy atom. The number of para-hydroxylation sites is 1. The Morgan fingerprint density at radius 2 is 1.54 bits per heavy atom. The molecule has 1 heterocycles. The van der Waals surface area contributed by atoms with Crippen LogP contribution in [0.5, 0.6) is 0 Å². The van der Waals surface area contributed by atoms with Crippen molar-refractivity contribution in [3.63, 3.8) is 0 Å². The monoisotopic (exact) mass is 345 g/mol. The van der Waals surface area contributed by atoms with E-state index in [1.54, 1.807) is 30.3 Å². The summed E-state index contributed by atoms with van der Waals surface area (Å²) in [5.41, 5.74) is 3.00. The van der Waals surface area contributed by atoms with Crippen molar-refractivity contribution in [2.75, 3.05) is 12.4 Å². The van der Waals surface area contributed by atoms with E-state index in [1.165, 1.54) is 7.11 Å². The van der Waals surface area contributed by atoms with Gasteiger partial charge in [0.2, 0.25) is 0 Å². The van der Waals surface area contributed by atoms with Gasteiger partial charge < -0.3 is 14.5 Å². The van der Waals surface area contributed by atoms with Crippen LogP contribution >= 0.6 is 0 Å². The van der Waals surface area contributed by atoms with Gasteiger partial charge >= 0.3 is 5.97 Å². The zero-order valence-electron chi connectivity index (χ0n) is 14.0. The van der Waals surface area contributed by atoms with Gasteiger partial charge in [0.15, 0.2) is 0 Å². The molecule has 0 bridgehead atoms. The highest BCUT2D eigenvalue weighted by Crippen LogP contribution is 2.30. The molecule has 4 rings (SSSR count). The molecule has 0 saturated heterocycles. The summed E-state index contributed by atoms with van der Waals surface area (Å²) in [7, 11) is 1.32. The Kier molecular flexibility index (Phi) is 3.89. The smallest absolute Gasteiger partial charge is 0.337 e. The summed E-state index contributed by atoms with van der Waals surface area (Å²) < 4.78 is 10.5. The lowest BCUT2D eigenvalue weighted by Gasteiger charge is -2.06. The van der Waals surface area contributed by atoms with Crippen molar-refractivity contribution in [1.82, 2.24) is 0 Å². The van der Waals surface area contributed by atoms with Crippen LogP contribution in [0.3, 0.4) is 0 Å². The first kappa shape index (κ1) is 15.9. The Balaban J connectivity index is 1.59. The molecule has 0 fully saturated rings. The van der Waals surface area contributed by atoms with Gasteiger partial charge in [-0.15, -0.1) is 0 Å². The van der Waals surface area contributed by atoms with Gasteiger partial charge in [-0.1, -0.05) is 18.2 Å². The lowest BCUT2D eigenvalue weighted by Crippen LogP contribution is -2.12. The maximum absolute atomic E-state index is 12.4. The average Bonchev–Trinajstić information content (AvgIpc) is 3.05. The number of amides is 1. The van der Waals surface area contributed by atoms with E-state index < -0.39 is 5.97 Å². The molecule has 5 heteroatoms. The van der Waals surface area contributed by atoms with Crippen molar-refractivity contribution in [2.24, 2.45) is 0 Å². The molecule has 1 amide bonds. The Bertz CT molecular complexity index is 1130. The second-order valence-electron chi connectivity index (χ2n) is 5.83. The molecule has 0 aliphatic heterocycles. The standard InChI is InChI=1S/C21H15NO4/c1-25-21(24)14-8-6-13(7-9-14)20(23)22-15-10-11-17-16-4-2-3-5-18(16)26-19(17)12-15/h2-12H,1H3,(H,22,23). The van der Waals surface area contributed by atoms with Gasteiger partial charge in [0.1, 0.15) is 11.2 Å². The Labute approximate surface area is 149 Å². The molecule has 26 heavy (non-hydrogen) atoms. The summed E-state index contributed by atoms with van der Waals surface area (Å²) in [5.74, 6) is -0.704. The molecule has 0 unspecified atom stereocenters. The highest BCUT2D eigenvalue weighted by atomic mass is 16.5. The van der Waals surface area contributed by atoms with Crippen LogP contribution in [-0.4, -0.2) is 19.0 Å². The Hall–Kier alpha value is -3.60. The predicted molar refractivity (Wildman–Crippen MR) is 99.5 cm³/mol. The first-order valence-corrected chi connectivity index (χ1v) is 8.07. The quantitative estimate of drug-likeness (QED) is 0.550. The number of carbonyl (C=O) groups is 2. The van der Waals surface area contributed by atoms with Crippen LogP contribution in [0.4, 0.5) is 5.69 Å². The van der Waals surface area contributed by atoms with Gasteiger partial charge in [-0.2, -0.15) is 0 Å². The summed E-state index contributed by atoms with van der Waals surface area (Å²) >= 11 is 0. The highest BCUT2D eigenvalue weighted by Gasteiger charge is 2.11. The molecule has 1 aromatic heterocycles. The van der Waals surface area contributed by atoms with Gasteiger partial charge in [-0.3, -0.25) is 4.79 Å². The van der Waals surface area contributed by atoms with E-state index in [0.29, 0.717) is 22.4 Å². The number of fused-ring (bicyclic) bond motifs is 3. The minimum absolute atomic E-state index is 0.267. The second-order valence-corrected chi connectivity index (χ2v) is 5.83. The minimum atomic E-state index is -0.438. The number of benzene rings is 3. The van der Waals surface area contributed by atoms with E-state index in [4.69, 9.17) is 4.42 Å². The maximum Gasteiger partial charge on any atom is 0.337 e. The van der Waals surface area contributed by atoms with Crippen molar-refractivity contribution in [1.29, 1.82) is 0 Å². The number of ether oxygens (including phenoxy) is 1. The molecular weight excluding hydrogens is 330 g/mol. The number of furan rings is 1. The number of esters is 1. The largest absolute Gasteiger partial charge is 0.465 e. The predicted octanol–water partition coefficient (Wildman–Crippen LogP) is 4.62. The second kappa shape index (κ2) is 6.37. The molecule has 0 aliphatic carbocycles. The van der Waals surface area contributed by atoms with Crippen molar-refractivity contribution in [2.45, 2.75) is 0 Å². The summed E-state index contributed by atoms with van der Waals surface area (Å²) in [6.07, 6.45) is 0. The van der Waals surface area contributed by atoms with Crippen molar-refractivity contribution >= 4 is 39.5 Å². The van der Waals surface area contributed by atoms with Crippen LogP contribution in [0.1, 0.15) is 20.7 Å². The number of hydrogen-bond donors (Lipinski definition) is 1. The third kappa shape index (κ3) is 2.80. The number of methoxy groups -OCH3 is 1. The fraction of sp³-hybridized carbons (Fsp3) is 0.0476. The zero-order chi connectivity index (χ0) is 18.1. The van der Waals surface area contributed by atoms with E-state index >= 15 is 0 Å². The van der Waals surface area contributed by atoms with Crippen LogP contribution in [0, 0.1) is 0 Å². The number of carbonyl (C=O) groups excluding carboxylic acids is 2. The molecule has 128 valence electrons. The van der Waals surface area contributed by atoms with E-state index in [9.17, 15) is 9.59 Å². The Morgan fingerprint density at radius 3 is 2.31 bits per heavy atom. The molecule has 0 radical (unpaired) electrons. The third-order valence-electron chi connectivity index (χ3n) is 4.20. The van der Waals surface area contributed by atoms with Crippen LogP contribution in [0.15, 0.2) is 71.1 Å². The van der Waals surface area contributed by atoms with E-state index in [1.807, 2.05) is 36.4 Å². The number of anilines is 1. The van der Waals surface area contributed by atoms with Gasteiger partial charge in [0.05, 0.1) is 12.7 Å². The van der Waals surface area contributed by atoms with Gasteiger partial charge in [-0.25, -0.2) is 4.79 Å². The summed E-state index contributed by atoms with van der Waals surface area (Å²) in [4.78, 5) is 23.9. The van der Waals surface area contributed by atoms with Gasteiger partial charge in [0.25, 0.3) is 5.91 Å². The molecule has 0 aliphatic rings. The molecule has 3 aromatic carbocycles. The molecule has 1 N–H and O–H groups in total. The van der Waals surface area contributed by atoms with E-state index in [-0.39, 0.29) is 5.91 Å². The normalized spacial score (nSPS) is 10.8. The van der Waals surface area contributed by atoms with E-state index in [2.05, 4.69) is 10.1 Å². The van der Waals surface area contributed by atoms with Crippen molar-refractivity contribution in [3.8, 4) is 0 Å². The third-order valence-corrected chi connectivity index (χ3v) is 4.20. The fourth-order valence-corrected chi connectivity index (χ4v) is 2.88. The first-order valence-electron chi connectivity index (χ1n) is 8.07. The van der Waals surface area contributed by atoms with Crippen LogP contribution in [0.2, 0.25) is 0 Å². The van der Waals surface area contributed by atoms with Crippen molar-refractivity contribution in [3.05, 3.63) is 77.9 Å².